The Morgan fingerprint density at radius 1 is 1.44 bits per heavy atom. The van der Waals surface area contributed by atoms with Crippen molar-refractivity contribution in [3.05, 3.63) is 40.1 Å². The smallest absolute Gasteiger partial charge is 0.227 e. The van der Waals surface area contributed by atoms with E-state index in [1.165, 1.54) is 6.07 Å². The van der Waals surface area contributed by atoms with Gasteiger partial charge in [0.25, 0.3) is 0 Å². The fourth-order valence-corrected chi connectivity index (χ4v) is 2.39. The van der Waals surface area contributed by atoms with E-state index in [1.54, 1.807) is 13.0 Å². The zero-order valence-corrected chi connectivity index (χ0v) is 11.8. The van der Waals surface area contributed by atoms with E-state index in [1.807, 2.05) is 6.08 Å². The number of hydrogen-bond donors (Lipinski definition) is 1. The summed E-state index contributed by atoms with van der Waals surface area (Å²) in [6.45, 7) is 1.78. The number of carbonyl (C=O) groups excluding carboxylic acids is 1. The van der Waals surface area contributed by atoms with Gasteiger partial charge in [-0.2, -0.15) is 0 Å². The molecule has 0 bridgehead atoms. The molecule has 4 heteroatoms. The Labute approximate surface area is 114 Å². The monoisotopic (exact) mass is 311 g/mol. The van der Waals surface area contributed by atoms with Gasteiger partial charge in [0, 0.05) is 11.6 Å². The van der Waals surface area contributed by atoms with Crippen molar-refractivity contribution in [2.75, 3.05) is 5.32 Å². The molecule has 0 fully saturated rings. The number of benzene rings is 1. The molecule has 0 heterocycles. The zero-order chi connectivity index (χ0) is 13.1. The van der Waals surface area contributed by atoms with Crippen molar-refractivity contribution in [3.8, 4) is 0 Å². The fourth-order valence-electron chi connectivity index (χ4n) is 2.05. The Morgan fingerprint density at radius 2 is 2.22 bits per heavy atom. The Kier molecular flexibility index (Phi) is 4.17. The fraction of sp³-hybridized carbons (Fsp3) is 0.357. The Morgan fingerprint density at radius 3 is 2.89 bits per heavy atom. The Hall–Kier alpha value is -1.16. The summed E-state index contributed by atoms with van der Waals surface area (Å²) in [5.74, 6) is -0.273. The minimum Gasteiger partial charge on any atom is -0.326 e. The number of rotatable bonds is 2. The predicted molar refractivity (Wildman–Crippen MR) is 73.9 cm³/mol. The van der Waals surface area contributed by atoms with Crippen LogP contribution in [0.1, 0.15) is 24.8 Å². The van der Waals surface area contributed by atoms with E-state index in [0.29, 0.717) is 10.2 Å². The van der Waals surface area contributed by atoms with Crippen LogP contribution in [0, 0.1) is 18.7 Å². The summed E-state index contributed by atoms with van der Waals surface area (Å²) in [5, 5.41) is 2.88. The van der Waals surface area contributed by atoms with E-state index in [0.717, 1.165) is 24.8 Å². The van der Waals surface area contributed by atoms with Crippen LogP contribution in [0.5, 0.6) is 0 Å². The first-order valence-electron chi connectivity index (χ1n) is 5.99. The highest BCUT2D eigenvalue weighted by Gasteiger charge is 2.19. The first kappa shape index (κ1) is 13.3. The van der Waals surface area contributed by atoms with Gasteiger partial charge in [0.2, 0.25) is 5.91 Å². The van der Waals surface area contributed by atoms with Gasteiger partial charge in [0.1, 0.15) is 5.82 Å². The second-order valence-corrected chi connectivity index (χ2v) is 5.41. The van der Waals surface area contributed by atoms with Crippen LogP contribution >= 0.6 is 15.9 Å². The van der Waals surface area contributed by atoms with Crippen molar-refractivity contribution in [3.63, 3.8) is 0 Å². The molecule has 1 aliphatic rings. The van der Waals surface area contributed by atoms with Crippen LogP contribution in [0.15, 0.2) is 28.8 Å². The molecule has 2 rings (SSSR count). The van der Waals surface area contributed by atoms with Crippen LogP contribution in [0.4, 0.5) is 10.1 Å². The minimum absolute atomic E-state index is 0.0148. The lowest BCUT2D eigenvalue weighted by atomic mass is 9.93. The third-order valence-electron chi connectivity index (χ3n) is 3.17. The quantitative estimate of drug-likeness (QED) is 0.815. The van der Waals surface area contributed by atoms with Gasteiger partial charge in [0.05, 0.1) is 4.47 Å². The normalized spacial score (nSPS) is 18.7. The number of nitrogens with one attached hydrogen (secondary N) is 1. The first-order chi connectivity index (χ1) is 8.58. The third-order valence-corrected chi connectivity index (χ3v) is 3.77. The molecule has 96 valence electrons. The van der Waals surface area contributed by atoms with Crippen LogP contribution in [0.25, 0.3) is 0 Å². The standard InChI is InChI=1S/C14H15BrFNO/c1-9-7-12(16)11(15)8-13(9)17-14(18)10-5-3-2-4-6-10/h2-3,7-8,10H,4-6H2,1H3,(H,17,18). The highest BCUT2D eigenvalue weighted by molar-refractivity contribution is 9.10. The summed E-state index contributed by atoms with van der Waals surface area (Å²) in [6, 6.07) is 3.03. The molecule has 0 aliphatic heterocycles. The van der Waals surface area contributed by atoms with Gasteiger partial charge in [-0.1, -0.05) is 12.2 Å². The molecule has 0 saturated heterocycles. The van der Waals surface area contributed by atoms with Gasteiger partial charge < -0.3 is 5.32 Å². The van der Waals surface area contributed by atoms with Gasteiger partial charge in [-0.05, 0) is 59.8 Å². The highest BCUT2D eigenvalue weighted by Crippen LogP contribution is 2.26. The largest absolute Gasteiger partial charge is 0.326 e. The molecule has 1 aromatic rings. The molecule has 2 nitrogen and oxygen atoms in total. The Bertz CT molecular complexity index is 499. The molecular weight excluding hydrogens is 297 g/mol. The summed E-state index contributed by atoms with van der Waals surface area (Å²) < 4.78 is 13.7. The molecule has 1 N–H and O–H groups in total. The first-order valence-corrected chi connectivity index (χ1v) is 6.78. The number of allylic oxidation sites excluding steroid dienone is 2. The minimum atomic E-state index is -0.314. The van der Waals surface area contributed by atoms with E-state index < -0.39 is 0 Å². The van der Waals surface area contributed by atoms with E-state index in [2.05, 4.69) is 27.3 Å². The van der Waals surface area contributed by atoms with Crippen molar-refractivity contribution >= 4 is 27.5 Å². The van der Waals surface area contributed by atoms with Gasteiger partial charge in [-0.15, -0.1) is 0 Å². The molecular formula is C14H15BrFNO. The van der Waals surface area contributed by atoms with E-state index in [9.17, 15) is 9.18 Å². The summed E-state index contributed by atoms with van der Waals surface area (Å²) >= 11 is 3.13. The molecule has 1 atom stereocenters. The van der Waals surface area contributed by atoms with E-state index in [4.69, 9.17) is 0 Å². The van der Waals surface area contributed by atoms with Crippen molar-refractivity contribution in [2.45, 2.75) is 26.2 Å². The van der Waals surface area contributed by atoms with Crippen LogP contribution in [0.3, 0.4) is 0 Å². The molecule has 0 spiro atoms. The molecule has 0 aromatic heterocycles. The van der Waals surface area contributed by atoms with Crippen molar-refractivity contribution < 1.29 is 9.18 Å². The average molecular weight is 312 g/mol. The number of aryl methyl sites for hydroxylation is 1. The number of anilines is 1. The number of halogens is 2. The van der Waals surface area contributed by atoms with Crippen LogP contribution < -0.4 is 5.32 Å². The maximum Gasteiger partial charge on any atom is 0.227 e. The molecule has 1 unspecified atom stereocenters. The number of carbonyl (C=O) groups is 1. The maximum absolute atomic E-state index is 13.3. The van der Waals surface area contributed by atoms with E-state index in [-0.39, 0.29) is 17.6 Å². The van der Waals surface area contributed by atoms with Crippen molar-refractivity contribution in [2.24, 2.45) is 5.92 Å². The third kappa shape index (κ3) is 2.99. The second-order valence-electron chi connectivity index (χ2n) is 4.55. The van der Waals surface area contributed by atoms with Gasteiger partial charge in [-0.25, -0.2) is 4.39 Å². The van der Waals surface area contributed by atoms with Gasteiger partial charge in [-0.3, -0.25) is 4.79 Å². The van der Waals surface area contributed by atoms with Crippen molar-refractivity contribution in [1.29, 1.82) is 0 Å². The molecule has 18 heavy (non-hydrogen) atoms. The molecule has 1 aliphatic carbocycles. The maximum atomic E-state index is 13.3. The van der Waals surface area contributed by atoms with Crippen LogP contribution in [-0.2, 0) is 4.79 Å². The van der Waals surface area contributed by atoms with Crippen LogP contribution in [0.2, 0.25) is 0 Å². The molecule has 0 saturated carbocycles. The number of hydrogen-bond acceptors (Lipinski definition) is 1. The predicted octanol–water partition coefficient (Wildman–Crippen LogP) is 4.19. The molecule has 0 radical (unpaired) electrons. The van der Waals surface area contributed by atoms with E-state index >= 15 is 0 Å². The summed E-state index contributed by atoms with van der Waals surface area (Å²) in [4.78, 5) is 12.1. The molecule has 1 amide bonds. The molecule has 1 aromatic carbocycles. The lowest BCUT2D eigenvalue weighted by Crippen LogP contribution is -2.23. The van der Waals surface area contributed by atoms with Crippen molar-refractivity contribution in [1.82, 2.24) is 0 Å². The summed E-state index contributed by atoms with van der Waals surface area (Å²) in [6.07, 6.45) is 6.76. The zero-order valence-electron chi connectivity index (χ0n) is 10.2. The summed E-state index contributed by atoms with van der Waals surface area (Å²) in [5.41, 5.74) is 1.40. The lowest BCUT2D eigenvalue weighted by molar-refractivity contribution is -0.120. The summed E-state index contributed by atoms with van der Waals surface area (Å²) in [7, 11) is 0. The van der Waals surface area contributed by atoms with Gasteiger partial charge >= 0.3 is 0 Å². The lowest BCUT2D eigenvalue weighted by Gasteiger charge is -2.18. The topological polar surface area (TPSA) is 29.1 Å². The number of amides is 1. The highest BCUT2D eigenvalue weighted by atomic mass is 79.9. The second kappa shape index (κ2) is 5.65. The van der Waals surface area contributed by atoms with Crippen LogP contribution in [-0.4, -0.2) is 5.91 Å². The Balaban J connectivity index is 2.11. The average Bonchev–Trinajstić information content (AvgIpc) is 2.37. The van der Waals surface area contributed by atoms with Gasteiger partial charge in [0.15, 0.2) is 0 Å². The SMILES string of the molecule is Cc1cc(F)c(Br)cc1NC(=O)C1CC=CCC1.